The van der Waals surface area contributed by atoms with E-state index in [9.17, 15) is 9.59 Å². The summed E-state index contributed by atoms with van der Waals surface area (Å²) in [5, 5.41) is 0.384. The summed E-state index contributed by atoms with van der Waals surface area (Å²) < 4.78 is 15.1. The molecule has 0 aliphatic carbocycles. The Hall–Kier alpha value is -1.95. The summed E-state index contributed by atoms with van der Waals surface area (Å²) in [6.45, 7) is 0.243. The van der Waals surface area contributed by atoms with Gasteiger partial charge in [0.25, 0.3) is 0 Å². The second-order valence-electron chi connectivity index (χ2n) is 4.59. The molecule has 1 atom stereocenters. The second kappa shape index (κ2) is 6.22. The van der Waals surface area contributed by atoms with Gasteiger partial charge in [-0.2, -0.15) is 0 Å². The fraction of sp³-hybridized carbons (Fsp3) is 0.429. The molecular weight excluding hydrogens is 298 g/mol. The van der Waals surface area contributed by atoms with Crippen LogP contribution in [0.2, 0.25) is 5.02 Å². The Balaban J connectivity index is 2.37. The number of anilines is 1. The maximum absolute atomic E-state index is 12.1. The molecule has 0 aromatic heterocycles. The number of esters is 1. The minimum Gasteiger partial charge on any atom is -0.495 e. The number of benzene rings is 1. The van der Waals surface area contributed by atoms with Crippen LogP contribution in [-0.2, 0) is 14.3 Å². The van der Waals surface area contributed by atoms with Crippen LogP contribution in [0.25, 0.3) is 0 Å². The molecule has 0 spiro atoms. The average Bonchev–Trinajstić information content (AvgIpc) is 2.87. The predicted molar refractivity (Wildman–Crippen MR) is 77.0 cm³/mol. The number of methoxy groups -OCH3 is 3. The third kappa shape index (κ3) is 2.90. The summed E-state index contributed by atoms with van der Waals surface area (Å²) in [4.78, 5) is 25.2. The first-order chi connectivity index (χ1) is 10.0. The van der Waals surface area contributed by atoms with Crippen molar-refractivity contribution in [1.82, 2.24) is 0 Å². The van der Waals surface area contributed by atoms with Crippen molar-refractivity contribution in [2.24, 2.45) is 5.92 Å². The van der Waals surface area contributed by atoms with E-state index in [4.69, 9.17) is 25.8 Å². The van der Waals surface area contributed by atoms with Gasteiger partial charge in [-0.05, 0) is 0 Å². The summed E-state index contributed by atoms with van der Waals surface area (Å²) >= 11 is 6.04. The van der Waals surface area contributed by atoms with E-state index in [1.165, 1.54) is 26.2 Å². The zero-order valence-electron chi connectivity index (χ0n) is 12.0. The maximum atomic E-state index is 12.1. The van der Waals surface area contributed by atoms with Crippen molar-refractivity contribution in [1.29, 1.82) is 0 Å². The van der Waals surface area contributed by atoms with Crippen molar-refractivity contribution in [3.63, 3.8) is 0 Å². The lowest BCUT2D eigenvalue weighted by Gasteiger charge is -2.20. The summed E-state index contributed by atoms with van der Waals surface area (Å²) in [6, 6.07) is 3.20. The van der Waals surface area contributed by atoms with Crippen LogP contribution >= 0.6 is 11.6 Å². The summed E-state index contributed by atoms with van der Waals surface area (Å²) in [5.74, 6) is -0.172. The van der Waals surface area contributed by atoms with Crippen molar-refractivity contribution in [3.05, 3.63) is 17.2 Å². The average molecular weight is 314 g/mol. The van der Waals surface area contributed by atoms with E-state index in [0.29, 0.717) is 22.2 Å². The van der Waals surface area contributed by atoms with Crippen molar-refractivity contribution in [2.45, 2.75) is 6.42 Å². The number of hydrogen-bond donors (Lipinski definition) is 0. The number of amides is 1. The Morgan fingerprint density at radius 3 is 2.48 bits per heavy atom. The largest absolute Gasteiger partial charge is 0.495 e. The Bertz CT molecular complexity index is 575. The van der Waals surface area contributed by atoms with Crippen LogP contribution in [0, 0.1) is 5.92 Å². The number of nitrogens with zero attached hydrogens (tertiary/aromatic N) is 1. The van der Waals surface area contributed by atoms with Gasteiger partial charge < -0.3 is 19.1 Å². The van der Waals surface area contributed by atoms with Crippen LogP contribution in [0.3, 0.4) is 0 Å². The number of ether oxygens (including phenoxy) is 3. The molecule has 1 heterocycles. The van der Waals surface area contributed by atoms with Crippen molar-refractivity contribution < 1.29 is 23.8 Å². The molecule has 0 unspecified atom stereocenters. The van der Waals surface area contributed by atoms with Crippen LogP contribution in [0.5, 0.6) is 11.5 Å². The smallest absolute Gasteiger partial charge is 0.311 e. The lowest BCUT2D eigenvalue weighted by molar-refractivity contribution is -0.145. The molecule has 0 radical (unpaired) electrons. The van der Waals surface area contributed by atoms with Crippen molar-refractivity contribution in [3.8, 4) is 11.5 Å². The first-order valence-corrected chi connectivity index (χ1v) is 6.69. The topological polar surface area (TPSA) is 65.1 Å². The van der Waals surface area contributed by atoms with Gasteiger partial charge in [0.2, 0.25) is 5.91 Å². The minimum atomic E-state index is -0.478. The van der Waals surface area contributed by atoms with Gasteiger partial charge in [-0.3, -0.25) is 9.59 Å². The molecule has 0 saturated carbocycles. The quantitative estimate of drug-likeness (QED) is 0.794. The molecule has 1 aliphatic heterocycles. The van der Waals surface area contributed by atoms with E-state index in [1.54, 1.807) is 12.1 Å². The van der Waals surface area contributed by atoms with Crippen LogP contribution in [0.15, 0.2) is 12.1 Å². The zero-order chi connectivity index (χ0) is 15.6. The lowest BCUT2D eigenvalue weighted by Crippen LogP contribution is -2.26. The van der Waals surface area contributed by atoms with Gasteiger partial charge in [-0.15, -0.1) is 0 Å². The highest BCUT2D eigenvalue weighted by molar-refractivity contribution is 6.32. The molecule has 1 aromatic rings. The van der Waals surface area contributed by atoms with E-state index in [2.05, 4.69) is 0 Å². The summed E-state index contributed by atoms with van der Waals surface area (Å²) in [5.41, 5.74) is 0.523. The van der Waals surface area contributed by atoms with Gasteiger partial charge in [0.15, 0.2) is 0 Å². The van der Waals surface area contributed by atoms with Crippen LogP contribution in [0.4, 0.5) is 5.69 Å². The van der Waals surface area contributed by atoms with Gasteiger partial charge >= 0.3 is 5.97 Å². The molecule has 1 amide bonds. The number of carbonyl (C=O) groups is 2. The van der Waals surface area contributed by atoms with Crippen LogP contribution < -0.4 is 14.4 Å². The maximum Gasteiger partial charge on any atom is 0.311 e. The zero-order valence-corrected chi connectivity index (χ0v) is 12.8. The molecule has 114 valence electrons. The van der Waals surface area contributed by atoms with Gasteiger partial charge in [0.05, 0.1) is 38.0 Å². The van der Waals surface area contributed by atoms with Crippen LogP contribution in [-0.4, -0.2) is 39.8 Å². The molecule has 21 heavy (non-hydrogen) atoms. The molecule has 1 fully saturated rings. The van der Waals surface area contributed by atoms with E-state index >= 15 is 0 Å². The third-order valence-electron chi connectivity index (χ3n) is 3.40. The normalized spacial score (nSPS) is 17.8. The highest BCUT2D eigenvalue weighted by Crippen LogP contribution is 2.40. The van der Waals surface area contributed by atoms with Crippen molar-refractivity contribution in [2.75, 3.05) is 32.8 Å². The first-order valence-electron chi connectivity index (χ1n) is 6.31. The van der Waals surface area contributed by atoms with E-state index in [0.717, 1.165) is 0 Å². The van der Waals surface area contributed by atoms with Crippen molar-refractivity contribution >= 4 is 29.2 Å². The Kier molecular flexibility index (Phi) is 4.57. The molecular formula is C14H16ClNO5. The number of hydrogen-bond acceptors (Lipinski definition) is 5. The predicted octanol–water partition coefficient (Wildman–Crippen LogP) is 1.88. The molecule has 1 aliphatic rings. The fourth-order valence-electron chi connectivity index (χ4n) is 2.32. The highest BCUT2D eigenvalue weighted by atomic mass is 35.5. The van der Waals surface area contributed by atoms with Gasteiger partial charge in [0, 0.05) is 25.1 Å². The SMILES string of the molecule is COC(=O)[C@H]1CC(=O)N(c2cc(OC)c(Cl)cc2OC)C1. The van der Waals surface area contributed by atoms with Gasteiger partial charge in [-0.25, -0.2) is 0 Å². The molecule has 2 rings (SSSR count). The molecule has 0 bridgehead atoms. The lowest BCUT2D eigenvalue weighted by atomic mass is 10.1. The minimum absolute atomic E-state index is 0.112. The molecule has 0 N–H and O–H groups in total. The third-order valence-corrected chi connectivity index (χ3v) is 3.70. The second-order valence-corrected chi connectivity index (χ2v) is 4.99. The van der Waals surface area contributed by atoms with E-state index in [-0.39, 0.29) is 18.9 Å². The Morgan fingerprint density at radius 1 is 1.24 bits per heavy atom. The molecule has 1 aromatic carbocycles. The Morgan fingerprint density at radius 2 is 1.90 bits per heavy atom. The Labute approximate surface area is 127 Å². The molecule has 6 nitrogen and oxygen atoms in total. The fourth-order valence-corrected chi connectivity index (χ4v) is 2.55. The molecule has 1 saturated heterocycles. The first kappa shape index (κ1) is 15.4. The summed E-state index contributed by atoms with van der Waals surface area (Å²) in [6.07, 6.45) is 0.112. The van der Waals surface area contributed by atoms with Gasteiger partial charge in [0.1, 0.15) is 11.5 Å². The number of halogens is 1. The highest BCUT2D eigenvalue weighted by Gasteiger charge is 2.37. The summed E-state index contributed by atoms with van der Waals surface area (Å²) in [7, 11) is 4.28. The van der Waals surface area contributed by atoms with Crippen LogP contribution in [0.1, 0.15) is 6.42 Å². The van der Waals surface area contributed by atoms with E-state index < -0.39 is 11.9 Å². The number of rotatable bonds is 4. The van der Waals surface area contributed by atoms with E-state index in [1.807, 2.05) is 0 Å². The number of carbonyl (C=O) groups excluding carboxylic acids is 2. The molecule has 7 heteroatoms. The monoisotopic (exact) mass is 313 g/mol. The van der Waals surface area contributed by atoms with Gasteiger partial charge in [-0.1, -0.05) is 11.6 Å². The standard InChI is InChI=1S/C14H16ClNO5/c1-19-11-6-10(12(20-2)5-9(11)15)16-7-8(4-13(16)17)14(18)21-3/h5-6,8H,4,7H2,1-3H3/t8-/m0/s1.